The first-order chi connectivity index (χ1) is 3.27. The topological polar surface area (TPSA) is 43.1 Å². The highest BCUT2D eigenvalue weighted by Gasteiger charge is 1.88. The third-order valence-corrected chi connectivity index (χ3v) is 0.439. The molecule has 0 rings (SSSR count). The van der Waals surface area contributed by atoms with E-state index in [1.54, 1.807) is 0 Å². The molecule has 0 spiro atoms. The fourth-order valence-electron chi connectivity index (χ4n) is 0.156. The van der Waals surface area contributed by atoms with Crippen molar-refractivity contribution in [3.05, 3.63) is 10.1 Å². The van der Waals surface area contributed by atoms with Crippen LogP contribution in [0.4, 0.5) is 0 Å². The maximum atomic E-state index is 9.47. The summed E-state index contributed by atoms with van der Waals surface area (Å²) in [5, 5.41) is 9.47. The molecule has 0 aliphatic rings. The van der Waals surface area contributed by atoms with Gasteiger partial charge >= 0.3 is 0 Å². The zero-order chi connectivity index (χ0) is 5.70. The Morgan fingerprint density at radius 1 is 1.86 bits per heavy atom. The molecular weight excluding hydrogens is 94.0 g/mol. The lowest BCUT2D eigenvalue weighted by Crippen LogP contribution is -1.97. The molecular formula is C4H5NO2. The first-order valence-corrected chi connectivity index (χ1v) is 1.82. The molecule has 0 amide bonds. The molecule has 0 atom stereocenters. The summed E-state index contributed by atoms with van der Waals surface area (Å²) in [7, 11) is 0. The van der Waals surface area contributed by atoms with Gasteiger partial charge in [-0.2, -0.15) is 0 Å². The highest BCUT2D eigenvalue weighted by atomic mass is 16.6. The van der Waals surface area contributed by atoms with E-state index in [0.717, 1.165) is 0 Å². The van der Waals surface area contributed by atoms with E-state index in [2.05, 4.69) is 5.92 Å². The molecule has 0 fully saturated rings. The standard InChI is InChI=1S/C4H5NO2/c1-2-3-4-5(6)7/h1H,3-4H2. The highest BCUT2D eigenvalue weighted by Crippen LogP contribution is 1.73. The smallest absolute Gasteiger partial charge is 0.214 e. The molecule has 0 aromatic carbocycles. The van der Waals surface area contributed by atoms with E-state index >= 15 is 0 Å². The Morgan fingerprint density at radius 3 is 2.57 bits per heavy atom. The molecule has 0 radical (unpaired) electrons. The summed E-state index contributed by atoms with van der Waals surface area (Å²) in [4.78, 5) is 9.04. The Hall–Kier alpha value is -1.04. The zero-order valence-electron chi connectivity index (χ0n) is 3.76. The number of nitrogens with zero attached hydrogens (tertiary/aromatic N) is 1. The molecule has 0 aliphatic carbocycles. The summed E-state index contributed by atoms with van der Waals surface area (Å²) in [6.45, 7) is -0.115. The number of hydrogen-bond acceptors (Lipinski definition) is 2. The van der Waals surface area contributed by atoms with E-state index in [9.17, 15) is 10.1 Å². The van der Waals surface area contributed by atoms with Gasteiger partial charge in [0.15, 0.2) is 0 Å². The zero-order valence-corrected chi connectivity index (χ0v) is 3.76. The summed E-state index contributed by atoms with van der Waals surface area (Å²) < 4.78 is 0. The van der Waals surface area contributed by atoms with Gasteiger partial charge in [0.1, 0.15) is 0 Å². The van der Waals surface area contributed by atoms with Crippen LogP contribution < -0.4 is 0 Å². The van der Waals surface area contributed by atoms with Crippen LogP contribution in [-0.2, 0) is 0 Å². The maximum Gasteiger partial charge on any atom is 0.214 e. The van der Waals surface area contributed by atoms with Crippen LogP contribution in [0.2, 0.25) is 0 Å². The van der Waals surface area contributed by atoms with E-state index < -0.39 is 4.92 Å². The van der Waals surface area contributed by atoms with Crippen molar-refractivity contribution in [1.29, 1.82) is 0 Å². The quantitative estimate of drug-likeness (QED) is 0.283. The van der Waals surface area contributed by atoms with Crippen molar-refractivity contribution in [1.82, 2.24) is 0 Å². The van der Waals surface area contributed by atoms with Crippen molar-refractivity contribution < 1.29 is 4.92 Å². The summed E-state index contributed by atoms with van der Waals surface area (Å²) in [6, 6.07) is 0. The number of terminal acetylenes is 1. The Bertz CT molecular complexity index is 103. The molecule has 3 nitrogen and oxygen atoms in total. The van der Waals surface area contributed by atoms with E-state index in [4.69, 9.17) is 6.42 Å². The van der Waals surface area contributed by atoms with Gasteiger partial charge in [0.25, 0.3) is 0 Å². The lowest BCUT2D eigenvalue weighted by Gasteiger charge is -1.80. The summed E-state index contributed by atoms with van der Waals surface area (Å²) in [6.07, 6.45) is 4.95. The van der Waals surface area contributed by atoms with Crippen LogP contribution in [0, 0.1) is 22.5 Å². The van der Waals surface area contributed by atoms with Crippen molar-refractivity contribution in [2.45, 2.75) is 6.42 Å². The molecule has 0 aromatic heterocycles. The summed E-state index contributed by atoms with van der Waals surface area (Å²) in [5.41, 5.74) is 0. The van der Waals surface area contributed by atoms with Crippen molar-refractivity contribution in [2.24, 2.45) is 0 Å². The first kappa shape index (κ1) is 5.96. The largest absolute Gasteiger partial charge is 0.265 e. The Kier molecular flexibility index (Phi) is 2.69. The van der Waals surface area contributed by atoms with Crippen molar-refractivity contribution >= 4 is 0 Å². The molecule has 0 N–H and O–H groups in total. The Balaban J connectivity index is 3.02. The lowest BCUT2D eigenvalue weighted by atomic mass is 10.5. The van der Waals surface area contributed by atoms with Gasteiger partial charge in [-0.1, -0.05) is 5.92 Å². The monoisotopic (exact) mass is 99.0 g/mol. The van der Waals surface area contributed by atoms with Gasteiger partial charge in [-0.05, 0) is 0 Å². The van der Waals surface area contributed by atoms with Crippen LogP contribution in [0.3, 0.4) is 0 Å². The second kappa shape index (κ2) is 3.16. The second-order valence-corrected chi connectivity index (χ2v) is 1.01. The maximum absolute atomic E-state index is 9.47. The molecule has 0 saturated heterocycles. The van der Waals surface area contributed by atoms with Gasteiger partial charge in [0.05, 0.1) is 6.42 Å². The second-order valence-electron chi connectivity index (χ2n) is 1.01. The minimum atomic E-state index is -0.431. The van der Waals surface area contributed by atoms with Gasteiger partial charge in [-0.15, -0.1) is 6.42 Å². The minimum absolute atomic E-state index is 0.115. The van der Waals surface area contributed by atoms with E-state index in [-0.39, 0.29) is 13.0 Å². The SMILES string of the molecule is C#CCC[N+](=O)[O-]. The van der Waals surface area contributed by atoms with E-state index in [1.165, 1.54) is 0 Å². The average molecular weight is 99.1 g/mol. The summed E-state index contributed by atoms with van der Waals surface area (Å²) >= 11 is 0. The average Bonchev–Trinajstić information content (AvgIpc) is 1.61. The highest BCUT2D eigenvalue weighted by molar-refractivity contribution is 4.82. The molecule has 0 unspecified atom stereocenters. The van der Waals surface area contributed by atoms with Crippen LogP contribution in [0.25, 0.3) is 0 Å². The van der Waals surface area contributed by atoms with Gasteiger partial charge in [0, 0.05) is 4.92 Å². The Morgan fingerprint density at radius 2 is 2.43 bits per heavy atom. The van der Waals surface area contributed by atoms with Gasteiger partial charge in [0.2, 0.25) is 6.54 Å². The molecule has 3 heteroatoms. The first-order valence-electron chi connectivity index (χ1n) is 1.82. The minimum Gasteiger partial charge on any atom is -0.265 e. The molecule has 0 heterocycles. The molecule has 0 bridgehead atoms. The molecule has 38 valence electrons. The van der Waals surface area contributed by atoms with Crippen molar-refractivity contribution in [3.8, 4) is 12.3 Å². The Labute approximate surface area is 41.5 Å². The van der Waals surface area contributed by atoms with Gasteiger partial charge in [-0.3, -0.25) is 10.1 Å². The third kappa shape index (κ3) is 4.96. The molecule has 0 aromatic rings. The fourth-order valence-corrected chi connectivity index (χ4v) is 0.156. The van der Waals surface area contributed by atoms with E-state index in [0.29, 0.717) is 0 Å². The van der Waals surface area contributed by atoms with Crippen LogP contribution in [-0.4, -0.2) is 11.5 Å². The van der Waals surface area contributed by atoms with Crippen LogP contribution in [0.1, 0.15) is 6.42 Å². The van der Waals surface area contributed by atoms with Gasteiger partial charge in [-0.25, -0.2) is 0 Å². The van der Waals surface area contributed by atoms with Crippen LogP contribution in [0.5, 0.6) is 0 Å². The molecule has 0 aliphatic heterocycles. The number of nitro groups is 1. The predicted octanol–water partition coefficient (Wildman–Crippen LogP) is 0.286. The fraction of sp³-hybridized carbons (Fsp3) is 0.500. The number of rotatable bonds is 2. The van der Waals surface area contributed by atoms with Crippen LogP contribution >= 0.6 is 0 Å². The van der Waals surface area contributed by atoms with Crippen molar-refractivity contribution in [3.63, 3.8) is 0 Å². The van der Waals surface area contributed by atoms with Crippen LogP contribution in [0.15, 0.2) is 0 Å². The third-order valence-electron chi connectivity index (χ3n) is 0.439. The molecule has 0 saturated carbocycles. The van der Waals surface area contributed by atoms with Crippen molar-refractivity contribution in [2.75, 3.05) is 6.54 Å². The predicted molar refractivity (Wildman–Crippen MR) is 25.3 cm³/mol. The summed E-state index contributed by atoms with van der Waals surface area (Å²) in [5.74, 6) is 2.16. The van der Waals surface area contributed by atoms with E-state index in [1.807, 2.05) is 0 Å². The van der Waals surface area contributed by atoms with Gasteiger partial charge < -0.3 is 0 Å². The lowest BCUT2D eigenvalue weighted by molar-refractivity contribution is -0.478. The normalized spacial score (nSPS) is 7.29. The number of hydrogen-bond donors (Lipinski definition) is 0. The molecule has 7 heavy (non-hydrogen) atoms.